The molecule has 0 aliphatic heterocycles. The van der Waals surface area contributed by atoms with Crippen molar-refractivity contribution in [1.29, 1.82) is 0 Å². The quantitative estimate of drug-likeness (QED) is 0.511. The molecular formula is C17H14ClN5O4. The normalized spacial score (nSPS) is 10.4. The summed E-state index contributed by atoms with van der Waals surface area (Å²) in [5.74, 6) is 0.199. The molecule has 2 aromatic heterocycles. The highest BCUT2D eigenvalue weighted by Crippen LogP contribution is 2.29. The summed E-state index contributed by atoms with van der Waals surface area (Å²) in [6, 6.07) is 7.33. The Kier molecular flexibility index (Phi) is 5.32. The summed E-state index contributed by atoms with van der Waals surface area (Å²) in [6.45, 7) is 1.63. The van der Waals surface area contributed by atoms with Crippen LogP contribution in [0.4, 0.5) is 11.4 Å². The average Bonchev–Trinajstić information content (AvgIpc) is 2.92. The lowest BCUT2D eigenvalue weighted by atomic mass is 10.2. The fourth-order valence-corrected chi connectivity index (χ4v) is 2.44. The molecule has 9 nitrogen and oxygen atoms in total. The summed E-state index contributed by atoms with van der Waals surface area (Å²) in [7, 11) is 0. The van der Waals surface area contributed by atoms with Gasteiger partial charge in [-0.05, 0) is 19.1 Å². The molecule has 3 rings (SSSR count). The maximum atomic E-state index is 12.2. The van der Waals surface area contributed by atoms with Crippen LogP contribution in [0.25, 0.3) is 0 Å². The van der Waals surface area contributed by atoms with E-state index in [1.165, 1.54) is 35.3 Å². The molecule has 10 heteroatoms. The van der Waals surface area contributed by atoms with Gasteiger partial charge < -0.3 is 10.1 Å². The molecular weight excluding hydrogens is 374 g/mol. The number of rotatable bonds is 6. The first-order valence-corrected chi connectivity index (χ1v) is 8.15. The average molecular weight is 388 g/mol. The van der Waals surface area contributed by atoms with Crippen molar-refractivity contribution in [1.82, 2.24) is 14.8 Å². The van der Waals surface area contributed by atoms with Gasteiger partial charge in [-0.2, -0.15) is 5.10 Å². The Labute approximate surface area is 158 Å². The number of aromatic nitrogens is 3. The lowest BCUT2D eigenvalue weighted by Gasteiger charge is -2.09. The van der Waals surface area contributed by atoms with E-state index in [2.05, 4.69) is 15.4 Å². The van der Waals surface area contributed by atoms with Crippen LogP contribution in [-0.2, 0) is 11.3 Å². The number of non-ortho nitro benzene ring substituents is 1. The fourth-order valence-electron chi connectivity index (χ4n) is 2.29. The van der Waals surface area contributed by atoms with Gasteiger partial charge in [0.1, 0.15) is 18.0 Å². The number of aryl methyl sites for hydroxylation is 1. The van der Waals surface area contributed by atoms with Gasteiger partial charge >= 0.3 is 0 Å². The van der Waals surface area contributed by atoms with Crippen LogP contribution in [0.5, 0.6) is 11.5 Å². The van der Waals surface area contributed by atoms with E-state index in [4.69, 9.17) is 16.3 Å². The van der Waals surface area contributed by atoms with Gasteiger partial charge in [0, 0.05) is 24.5 Å². The SMILES string of the molecule is Cc1nn(CC(=O)Nc2cc(Oc3cccnc3)cc([N+](=O)[O-])c2)cc1Cl. The Morgan fingerprint density at radius 3 is 2.81 bits per heavy atom. The van der Waals surface area contributed by atoms with Crippen molar-refractivity contribution in [3.8, 4) is 11.5 Å². The summed E-state index contributed by atoms with van der Waals surface area (Å²) < 4.78 is 6.96. The topological polar surface area (TPSA) is 112 Å². The van der Waals surface area contributed by atoms with Crippen molar-refractivity contribution in [2.24, 2.45) is 0 Å². The number of amides is 1. The molecule has 3 aromatic rings. The summed E-state index contributed by atoms with van der Waals surface area (Å²) in [4.78, 5) is 26.7. The molecule has 1 aromatic carbocycles. The van der Waals surface area contributed by atoms with E-state index in [1.807, 2.05) is 0 Å². The van der Waals surface area contributed by atoms with Crippen molar-refractivity contribution in [3.05, 3.63) is 69.8 Å². The Morgan fingerprint density at radius 1 is 1.37 bits per heavy atom. The zero-order chi connectivity index (χ0) is 19.4. The number of carbonyl (C=O) groups is 1. The molecule has 0 bridgehead atoms. The molecule has 0 atom stereocenters. The van der Waals surface area contributed by atoms with Gasteiger partial charge in [0.15, 0.2) is 0 Å². The second-order valence-electron chi connectivity index (χ2n) is 5.57. The zero-order valence-corrected chi connectivity index (χ0v) is 14.9. The van der Waals surface area contributed by atoms with Gasteiger partial charge in [-0.1, -0.05) is 11.6 Å². The van der Waals surface area contributed by atoms with Crippen molar-refractivity contribution < 1.29 is 14.5 Å². The number of pyridine rings is 1. The molecule has 1 N–H and O–H groups in total. The minimum Gasteiger partial charge on any atom is -0.455 e. The third kappa shape index (κ3) is 4.79. The van der Waals surface area contributed by atoms with Crippen molar-refractivity contribution >= 4 is 28.9 Å². The first kappa shape index (κ1) is 18.3. The molecule has 0 saturated heterocycles. The summed E-state index contributed by atoms with van der Waals surface area (Å²) in [5.41, 5.74) is 0.611. The number of nitro groups is 1. The summed E-state index contributed by atoms with van der Waals surface area (Å²) >= 11 is 5.91. The number of nitrogens with one attached hydrogen (secondary N) is 1. The van der Waals surface area contributed by atoms with E-state index in [1.54, 1.807) is 25.3 Å². The Bertz CT molecular complexity index is 971. The van der Waals surface area contributed by atoms with Gasteiger partial charge in [0.2, 0.25) is 5.91 Å². The molecule has 0 spiro atoms. The van der Waals surface area contributed by atoms with Gasteiger partial charge in [-0.3, -0.25) is 24.6 Å². The lowest BCUT2D eigenvalue weighted by molar-refractivity contribution is -0.384. The first-order valence-electron chi connectivity index (χ1n) is 7.77. The molecule has 0 fully saturated rings. The third-order valence-electron chi connectivity index (χ3n) is 3.45. The standard InChI is InChI=1S/C17H14ClN5O4/c1-11-16(18)9-22(21-11)10-17(24)20-12-5-13(23(25)26)7-15(6-12)27-14-3-2-4-19-8-14/h2-9H,10H2,1H3,(H,20,24). The van der Waals surface area contributed by atoms with E-state index in [9.17, 15) is 14.9 Å². The predicted molar refractivity (Wildman–Crippen MR) is 98.0 cm³/mol. The highest BCUT2D eigenvalue weighted by Gasteiger charge is 2.14. The number of anilines is 1. The predicted octanol–water partition coefficient (Wildman–Crippen LogP) is 3.58. The van der Waals surface area contributed by atoms with Gasteiger partial charge in [0.05, 0.1) is 33.6 Å². The largest absolute Gasteiger partial charge is 0.455 e. The minimum atomic E-state index is -0.567. The second kappa shape index (κ2) is 7.83. The second-order valence-corrected chi connectivity index (χ2v) is 5.98. The number of hydrogen-bond acceptors (Lipinski definition) is 6. The minimum absolute atomic E-state index is 0.0882. The van der Waals surface area contributed by atoms with Gasteiger partial charge in [0.25, 0.3) is 5.69 Å². The number of hydrogen-bond donors (Lipinski definition) is 1. The van der Waals surface area contributed by atoms with Crippen LogP contribution in [0.2, 0.25) is 5.02 Å². The Morgan fingerprint density at radius 2 is 2.19 bits per heavy atom. The van der Waals surface area contributed by atoms with E-state index >= 15 is 0 Å². The third-order valence-corrected chi connectivity index (χ3v) is 3.82. The van der Waals surface area contributed by atoms with Gasteiger partial charge in [-0.25, -0.2) is 0 Å². The maximum Gasteiger partial charge on any atom is 0.275 e. The van der Waals surface area contributed by atoms with Crippen LogP contribution < -0.4 is 10.1 Å². The number of nitrogens with zero attached hydrogens (tertiary/aromatic N) is 4. The number of halogens is 1. The van der Waals surface area contributed by atoms with Crippen molar-refractivity contribution in [2.75, 3.05) is 5.32 Å². The molecule has 1 amide bonds. The van der Waals surface area contributed by atoms with E-state index < -0.39 is 10.8 Å². The zero-order valence-electron chi connectivity index (χ0n) is 14.1. The maximum absolute atomic E-state index is 12.2. The monoisotopic (exact) mass is 387 g/mol. The van der Waals surface area contributed by atoms with Crippen molar-refractivity contribution in [2.45, 2.75) is 13.5 Å². The molecule has 0 unspecified atom stereocenters. The van der Waals surface area contributed by atoms with Crippen LogP contribution in [0.1, 0.15) is 5.69 Å². The molecule has 0 saturated carbocycles. The van der Waals surface area contributed by atoms with Crippen LogP contribution in [0, 0.1) is 17.0 Å². The van der Waals surface area contributed by atoms with Crippen LogP contribution >= 0.6 is 11.6 Å². The Balaban J connectivity index is 1.79. The van der Waals surface area contributed by atoms with E-state index in [0.29, 0.717) is 16.5 Å². The molecule has 27 heavy (non-hydrogen) atoms. The number of ether oxygens (including phenoxy) is 1. The van der Waals surface area contributed by atoms with Crippen LogP contribution in [0.15, 0.2) is 48.9 Å². The molecule has 138 valence electrons. The first-order chi connectivity index (χ1) is 12.9. The van der Waals surface area contributed by atoms with E-state index in [0.717, 1.165) is 0 Å². The molecule has 0 aliphatic carbocycles. The van der Waals surface area contributed by atoms with Crippen molar-refractivity contribution in [3.63, 3.8) is 0 Å². The molecule has 2 heterocycles. The molecule has 0 aliphatic rings. The highest BCUT2D eigenvalue weighted by molar-refractivity contribution is 6.31. The van der Waals surface area contributed by atoms with Crippen LogP contribution in [-0.4, -0.2) is 25.6 Å². The molecule has 0 radical (unpaired) electrons. The van der Waals surface area contributed by atoms with Crippen LogP contribution in [0.3, 0.4) is 0 Å². The number of benzene rings is 1. The smallest absolute Gasteiger partial charge is 0.275 e. The summed E-state index contributed by atoms with van der Waals surface area (Å²) in [6.07, 6.45) is 4.58. The van der Waals surface area contributed by atoms with Gasteiger partial charge in [-0.15, -0.1) is 0 Å². The highest BCUT2D eigenvalue weighted by atomic mass is 35.5. The fraction of sp³-hybridized carbons (Fsp3) is 0.118. The van der Waals surface area contributed by atoms with E-state index in [-0.39, 0.29) is 23.7 Å². The summed E-state index contributed by atoms with van der Waals surface area (Å²) in [5, 5.41) is 18.3. The number of nitro benzene ring substituents is 1. The lowest BCUT2D eigenvalue weighted by Crippen LogP contribution is -2.19. The number of carbonyl (C=O) groups excluding carboxylic acids is 1. The Hall–Kier alpha value is -3.46.